The summed E-state index contributed by atoms with van der Waals surface area (Å²) in [7, 11) is 2.09. The van der Waals surface area contributed by atoms with Gasteiger partial charge in [0, 0.05) is 6.04 Å². The molecule has 0 spiro atoms. The number of aryl methyl sites for hydroxylation is 2. The Kier molecular flexibility index (Phi) is 3.79. The summed E-state index contributed by atoms with van der Waals surface area (Å²) in [4.78, 5) is 4.63. The predicted molar refractivity (Wildman–Crippen MR) is 84.2 cm³/mol. The van der Waals surface area contributed by atoms with E-state index in [0.717, 1.165) is 5.52 Å². The van der Waals surface area contributed by atoms with Crippen molar-refractivity contribution >= 4 is 11.0 Å². The minimum Gasteiger partial charge on any atom is -0.326 e. The second-order valence-corrected chi connectivity index (χ2v) is 6.18. The van der Waals surface area contributed by atoms with Crippen molar-refractivity contribution in [3.05, 3.63) is 29.6 Å². The number of likely N-dealkylation sites (N-methyl/N-ethyl adjacent to an activating group) is 1. The summed E-state index contributed by atoms with van der Waals surface area (Å²) in [5, 5.41) is 3.52. The van der Waals surface area contributed by atoms with E-state index in [1.807, 2.05) is 6.33 Å². The summed E-state index contributed by atoms with van der Waals surface area (Å²) < 4.78 is 2.41. The van der Waals surface area contributed by atoms with Gasteiger partial charge in [0.2, 0.25) is 0 Å². The fourth-order valence-electron chi connectivity index (χ4n) is 3.50. The molecule has 1 aliphatic carbocycles. The van der Waals surface area contributed by atoms with Crippen LogP contribution in [-0.2, 0) is 0 Å². The van der Waals surface area contributed by atoms with Crippen LogP contribution in [0.15, 0.2) is 18.5 Å². The molecule has 20 heavy (non-hydrogen) atoms. The molecular weight excluding hydrogens is 246 g/mol. The highest BCUT2D eigenvalue weighted by atomic mass is 15.1. The molecule has 2 aromatic rings. The van der Waals surface area contributed by atoms with Gasteiger partial charge in [-0.3, -0.25) is 0 Å². The first-order valence-corrected chi connectivity index (χ1v) is 7.82. The lowest BCUT2D eigenvalue weighted by molar-refractivity contribution is 0.353. The van der Waals surface area contributed by atoms with E-state index in [0.29, 0.717) is 12.1 Å². The summed E-state index contributed by atoms with van der Waals surface area (Å²) >= 11 is 0. The van der Waals surface area contributed by atoms with Crippen molar-refractivity contribution in [2.45, 2.75) is 58.0 Å². The van der Waals surface area contributed by atoms with E-state index in [1.165, 1.54) is 48.7 Å². The third kappa shape index (κ3) is 2.35. The lowest BCUT2D eigenvalue weighted by Gasteiger charge is -2.26. The summed E-state index contributed by atoms with van der Waals surface area (Å²) in [6, 6.07) is 5.62. The predicted octanol–water partition coefficient (Wildman–Crippen LogP) is 3.75. The van der Waals surface area contributed by atoms with Gasteiger partial charge in [-0.25, -0.2) is 4.98 Å². The van der Waals surface area contributed by atoms with Gasteiger partial charge in [-0.15, -0.1) is 0 Å². The Morgan fingerprint density at radius 2 is 1.85 bits per heavy atom. The number of imidazole rings is 1. The van der Waals surface area contributed by atoms with Crippen LogP contribution >= 0.6 is 0 Å². The minimum absolute atomic E-state index is 0.537. The van der Waals surface area contributed by atoms with Crippen LogP contribution in [0.25, 0.3) is 11.0 Å². The number of aromatic nitrogens is 2. The van der Waals surface area contributed by atoms with Crippen LogP contribution in [-0.4, -0.2) is 22.6 Å². The van der Waals surface area contributed by atoms with Gasteiger partial charge in [0.05, 0.1) is 23.4 Å². The zero-order valence-electron chi connectivity index (χ0n) is 12.8. The van der Waals surface area contributed by atoms with E-state index in [4.69, 9.17) is 0 Å². The number of nitrogens with zero attached hydrogens (tertiary/aromatic N) is 2. The Bertz CT molecular complexity index is 600. The lowest BCUT2D eigenvalue weighted by Crippen LogP contribution is -2.34. The highest BCUT2D eigenvalue weighted by Gasteiger charge is 2.25. The first-order valence-electron chi connectivity index (χ1n) is 7.82. The normalized spacial score (nSPS) is 23.9. The zero-order chi connectivity index (χ0) is 14.1. The Morgan fingerprint density at radius 3 is 2.65 bits per heavy atom. The Balaban J connectivity index is 2.05. The van der Waals surface area contributed by atoms with Gasteiger partial charge in [0.15, 0.2) is 0 Å². The van der Waals surface area contributed by atoms with Crippen molar-refractivity contribution in [2.24, 2.45) is 0 Å². The molecule has 1 fully saturated rings. The molecule has 1 heterocycles. The zero-order valence-corrected chi connectivity index (χ0v) is 12.8. The molecule has 0 saturated heterocycles. The van der Waals surface area contributed by atoms with Gasteiger partial charge in [-0.2, -0.15) is 0 Å². The third-order valence-corrected chi connectivity index (χ3v) is 4.90. The fraction of sp³-hybridized carbons (Fsp3) is 0.588. The molecular formula is C17H25N3. The lowest BCUT2D eigenvalue weighted by atomic mass is 10.0. The highest BCUT2D eigenvalue weighted by Crippen LogP contribution is 2.31. The Hall–Kier alpha value is -1.35. The number of hydrogen-bond acceptors (Lipinski definition) is 2. The topological polar surface area (TPSA) is 29.9 Å². The molecule has 108 valence electrons. The minimum atomic E-state index is 0.537. The monoisotopic (exact) mass is 271 g/mol. The number of benzene rings is 1. The summed E-state index contributed by atoms with van der Waals surface area (Å²) in [5.74, 6) is 0. The second kappa shape index (κ2) is 5.57. The molecule has 0 aliphatic heterocycles. The van der Waals surface area contributed by atoms with Gasteiger partial charge in [-0.1, -0.05) is 19.3 Å². The largest absolute Gasteiger partial charge is 0.326 e. The molecule has 1 N–H and O–H groups in total. The molecule has 1 aromatic carbocycles. The van der Waals surface area contributed by atoms with E-state index in [9.17, 15) is 0 Å². The number of nitrogens with one attached hydrogen (secondary N) is 1. The van der Waals surface area contributed by atoms with Crippen molar-refractivity contribution in [1.29, 1.82) is 0 Å². The van der Waals surface area contributed by atoms with Crippen LogP contribution in [0, 0.1) is 13.8 Å². The van der Waals surface area contributed by atoms with Crippen LogP contribution in [0.4, 0.5) is 0 Å². The first-order chi connectivity index (χ1) is 9.70. The molecule has 1 aliphatic rings. The molecule has 1 aromatic heterocycles. The Labute approximate surface area is 121 Å². The average Bonchev–Trinajstić information content (AvgIpc) is 2.70. The van der Waals surface area contributed by atoms with Crippen molar-refractivity contribution in [1.82, 2.24) is 14.9 Å². The van der Waals surface area contributed by atoms with Crippen LogP contribution < -0.4 is 5.32 Å². The Morgan fingerprint density at radius 1 is 1.10 bits per heavy atom. The molecule has 3 heteroatoms. The summed E-state index contributed by atoms with van der Waals surface area (Å²) in [6.07, 6.45) is 8.60. The van der Waals surface area contributed by atoms with Gasteiger partial charge < -0.3 is 9.88 Å². The van der Waals surface area contributed by atoms with Crippen molar-refractivity contribution < 1.29 is 0 Å². The molecule has 3 rings (SSSR count). The number of hydrogen-bond donors (Lipinski definition) is 1. The maximum Gasteiger partial charge on any atom is 0.0961 e. The molecule has 0 radical (unpaired) electrons. The van der Waals surface area contributed by atoms with E-state index in [1.54, 1.807) is 0 Å². The van der Waals surface area contributed by atoms with E-state index in [-0.39, 0.29) is 0 Å². The van der Waals surface area contributed by atoms with Crippen molar-refractivity contribution in [3.8, 4) is 0 Å². The molecule has 3 nitrogen and oxygen atoms in total. The molecule has 0 bridgehead atoms. The van der Waals surface area contributed by atoms with Gasteiger partial charge in [0.1, 0.15) is 0 Å². The maximum atomic E-state index is 4.63. The van der Waals surface area contributed by atoms with E-state index < -0.39 is 0 Å². The molecule has 2 unspecified atom stereocenters. The standard InChI is InChI=1S/C17H25N3/c1-12-9-15-17(10-13(12)2)20(11-19-15)16-8-6-4-5-7-14(16)18-3/h9-11,14,16,18H,4-8H2,1-3H3. The third-order valence-electron chi connectivity index (χ3n) is 4.90. The maximum absolute atomic E-state index is 4.63. The quantitative estimate of drug-likeness (QED) is 0.843. The fourth-order valence-corrected chi connectivity index (χ4v) is 3.50. The molecule has 0 amide bonds. The smallest absolute Gasteiger partial charge is 0.0961 e. The SMILES string of the molecule is CNC1CCCCCC1n1cnc2cc(C)c(C)cc21. The van der Waals surface area contributed by atoms with E-state index in [2.05, 4.69) is 47.9 Å². The first kappa shape index (κ1) is 13.6. The molecule has 1 saturated carbocycles. The number of rotatable bonds is 2. The van der Waals surface area contributed by atoms with Gasteiger partial charge in [0.25, 0.3) is 0 Å². The van der Waals surface area contributed by atoms with Crippen LogP contribution in [0.1, 0.15) is 49.3 Å². The van der Waals surface area contributed by atoms with Gasteiger partial charge in [-0.05, 0) is 57.0 Å². The van der Waals surface area contributed by atoms with Crippen molar-refractivity contribution in [2.75, 3.05) is 7.05 Å². The van der Waals surface area contributed by atoms with Crippen LogP contribution in [0.5, 0.6) is 0 Å². The van der Waals surface area contributed by atoms with E-state index >= 15 is 0 Å². The summed E-state index contributed by atoms with van der Waals surface area (Å²) in [6.45, 7) is 4.35. The van der Waals surface area contributed by atoms with Crippen LogP contribution in [0.2, 0.25) is 0 Å². The second-order valence-electron chi connectivity index (χ2n) is 6.18. The van der Waals surface area contributed by atoms with Gasteiger partial charge >= 0.3 is 0 Å². The molecule has 2 atom stereocenters. The average molecular weight is 271 g/mol. The van der Waals surface area contributed by atoms with Crippen molar-refractivity contribution in [3.63, 3.8) is 0 Å². The van der Waals surface area contributed by atoms with Crippen LogP contribution in [0.3, 0.4) is 0 Å². The number of fused-ring (bicyclic) bond motifs is 1. The highest BCUT2D eigenvalue weighted by molar-refractivity contribution is 5.77. The summed E-state index contributed by atoms with van der Waals surface area (Å²) in [5.41, 5.74) is 5.11.